The van der Waals surface area contributed by atoms with E-state index < -0.39 is 41.2 Å². The SMILES string of the molecule is O=C(N[C@@H](c1ccc(C(F)(F)F)cc1)c1ncccc1C(F)(F)F)N[C@H]1CCc2ccccc21. The second-order valence-corrected chi connectivity index (χ2v) is 7.89. The number of urea groups is 1. The van der Waals surface area contributed by atoms with E-state index in [2.05, 4.69) is 15.6 Å². The summed E-state index contributed by atoms with van der Waals surface area (Å²) in [7, 11) is 0. The van der Waals surface area contributed by atoms with Gasteiger partial charge in [-0.3, -0.25) is 4.98 Å². The van der Waals surface area contributed by atoms with Crippen molar-refractivity contribution in [2.24, 2.45) is 0 Å². The fourth-order valence-electron chi connectivity index (χ4n) is 4.10. The van der Waals surface area contributed by atoms with Crippen molar-refractivity contribution in [3.05, 3.63) is 100 Å². The molecule has 2 amide bonds. The van der Waals surface area contributed by atoms with E-state index in [-0.39, 0.29) is 11.6 Å². The average molecular weight is 479 g/mol. The number of carbonyl (C=O) groups is 1. The van der Waals surface area contributed by atoms with E-state index in [4.69, 9.17) is 0 Å². The van der Waals surface area contributed by atoms with Crippen molar-refractivity contribution in [3.8, 4) is 0 Å². The monoisotopic (exact) mass is 479 g/mol. The van der Waals surface area contributed by atoms with Crippen LogP contribution in [0.15, 0.2) is 66.9 Å². The Morgan fingerprint density at radius 2 is 1.62 bits per heavy atom. The summed E-state index contributed by atoms with van der Waals surface area (Å²) in [6.45, 7) is 0. The van der Waals surface area contributed by atoms with Gasteiger partial charge in [-0.2, -0.15) is 26.3 Å². The number of hydrogen-bond acceptors (Lipinski definition) is 2. The summed E-state index contributed by atoms with van der Waals surface area (Å²) in [4.78, 5) is 16.7. The van der Waals surface area contributed by atoms with E-state index in [0.29, 0.717) is 6.42 Å². The summed E-state index contributed by atoms with van der Waals surface area (Å²) in [6, 6.07) is 10.5. The first kappa shape index (κ1) is 23.6. The maximum Gasteiger partial charge on any atom is 0.418 e. The van der Waals surface area contributed by atoms with E-state index in [0.717, 1.165) is 60.1 Å². The van der Waals surface area contributed by atoms with E-state index in [1.807, 2.05) is 24.3 Å². The van der Waals surface area contributed by atoms with Crippen molar-refractivity contribution in [1.82, 2.24) is 15.6 Å². The first-order valence-corrected chi connectivity index (χ1v) is 10.4. The Hall–Kier alpha value is -3.56. The molecule has 2 aromatic carbocycles. The van der Waals surface area contributed by atoms with Crippen LogP contribution in [0.25, 0.3) is 0 Å². The lowest BCUT2D eigenvalue weighted by Crippen LogP contribution is -2.40. The van der Waals surface area contributed by atoms with Crippen LogP contribution in [0.1, 0.15) is 52.0 Å². The lowest BCUT2D eigenvalue weighted by Gasteiger charge is -2.24. The van der Waals surface area contributed by atoms with E-state index in [9.17, 15) is 31.1 Å². The summed E-state index contributed by atoms with van der Waals surface area (Å²) < 4.78 is 79.9. The highest BCUT2D eigenvalue weighted by Crippen LogP contribution is 2.37. The number of amides is 2. The second kappa shape index (κ2) is 9.00. The largest absolute Gasteiger partial charge is 0.418 e. The molecule has 10 heteroatoms. The van der Waals surface area contributed by atoms with Gasteiger partial charge in [0, 0.05) is 6.20 Å². The van der Waals surface area contributed by atoms with Crippen LogP contribution < -0.4 is 10.6 Å². The number of nitrogens with zero attached hydrogens (tertiary/aromatic N) is 1. The van der Waals surface area contributed by atoms with E-state index in [1.54, 1.807) is 0 Å². The number of carbonyl (C=O) groups excluding carboxylic acids is 1. The molecule has 3 aromatic rings. The van der Waals surface area contributed by atoms with Gasteiger partial charge in [-0.15, -0.1) is 0 Å². The third kappa shape index (κ3) is 5.00. The standard InChI is InChI=1S/C24H19F6N3O/c25-23(26,27)16-10-7-15(8-11-16)20(21-18(24(28,29)30)6-3-13-31-21)33-22(34)32-19-12-9-14-4-1-2-5-17(14)19/h1-8,10-11,13,19-20H,9,12H2,(H2,32,33,34)/t19-,20-/m0/s1. The Morgan fingerprint density at radius 3 is 2.29 bits per heavy atom. The van der Waals surface area contributed by atoms with Gasteiger partial charge in [-0.25, -0.2) is 4.79 Å². The van der Waals surface area contributed by atoms with Crippen LogP contribution >= 0.6 is 0 Å². The van der Waals surface area contributed by atoms with Crippen molar-refractivity contribution in [2.75, 3.05) is 0 Å². The van der Waals surface area contributed by atoms with Gasteiger partial charge in [-0.1, -0.05) is 36.4 Å². The molecular formula is C24H19F6N3O. The molecule has 0 fully saturated rings. The summed E-state index contributed by atoms with van der Waals surface area (Å²) in [5.74, 6) is 0. The Balaban J connectivity index is 1.66. The van der Waals surface area contributed by atoms with Gasteiger partial charge < -0.3 is 10.6 Å². The van der Waals surface area contributed by atoms with Crippen LogP contribution in [0.4, 0.5) is 31.1 Å². The molecule has 0 unspecified atom stereocenters. The quantitative estimate of drug-likeness (QED) is 0.438. The fourth-order valence-corrected chi connectivity index (χ4v) is 4.10. The molecule has 1 aliphatic carbocycles. The Kier molecular flexibility index (Phi) is 6.24. The molecule has 2 N–H and O–H groups in total. The van der Waals surface area contributed by atoms with Crippen molar-refractivity contribution < 1.29 is 31.1 Å². The number of benzene rings is 2. The Bertz CT molecular complexity index is 1170. The molecule has 0 radical (unpaired) electrons. The van der Waals surface area contributed by atoms with Crippen molar-refractivity contribution in [3.63, 3.8) is 0 Å². The second-order valence-electron chi connectivity index (χ2n) is 7.89. The van der Waals surface area contributed by atoms with Gasteiger partial charge in [0.05, 0.1) is 28.9 Å². The van der Waals surface area contributed by atoms with Crippen molar-refractivity contribution >= 4 is 6.03 Å². The minimum absolute atomic E-state index is 0.0270. The van der Waals surface area contributed by atoms with Crippen molar-refractivity contribution in [2.45, 2.75) is 37.3 Å². The average Bonchev–Trinajstić information content (AvgIpc) is 3.19. The fraction of sp³-hybridized carbons (Fsp3) is 0.250. The molecule has 4 nitrogen and oxygen atoms in total. The summed E-state index contributed by atoms with van der Waals surface area (Å²) >= 11 is 0. The molecule has 178 valence electrons. The smallest absolute Gasteiger partial charge is 0.331 e. The molecular weight excluding hydrogens is 460 g/mol. The molecule has 1 aliphatic rings. The van der Waals surface area contributed by atoms with Gasteiger partial charge in [0.1, 0.15) is 0 Å². The summed E-state index contributed by atoms with van der Waals surface area (Å²) in [6.07, 6.45) is -6.90. The topological polar surface area (TPSA) is 54.0 Å². The molecule has 1 heterocycles. The maximum atomic E-state index is 13.7. The first-order chi connectivity index (χ1) is 16.0. The highest BCUT2D eigenvalue weighted by Gasteiger charge is 2.37. The Labute approximate surface area is 191 Å². The molecule has 0 spiro atoms. The zero-order chi connectivity index (χ0) is 24.5. The van der Waals surface area contributed by atoms with Crippen LogP contribution in [0.2, 0.25) is 0 Å². The molecule has 0 bridgehead atoms. The summed E-state index contributed by atoms with van der Waals surface area (Å²) in [5.41, 5.74) is -0.560. The summed E-state index contributed by atoms with van der Waals surface area (Å²) in [5, 5.41) is 5.24. The zero-order valence-electron chi connectivity index (χ0n) is 17.5. The normalized spacial score (nSPS) is 16.6. The maximum absolute atomic E-state index is 13.7. The molecule has 0 saturated heterocycles. The van der Waals surface area contributed by atoms with Crippen LogP contribution in [0.3, 0.4) is 0 Å². The van der Waals surface area contributed by atoms with Crippen LogP contribution in [-0.4, -0.2) is 11.0 Å². The number of halogens is 6. The molecule has 34 heavy (non-hydrogen) atoms. The molecule has 0 aliphatic heterocycles. The Morgan fingerprint density at radius 1 is 0.912 bits per heavy atom. The lowest BCUT2D eigenvalue weighted by molar-refractivity contribution is -0.139. The van der Waals surface area contributed by atoms with E-state index >= 15 is 0 Å². The van der Waals surface area contributed by atoms with Gasteiger partial charge >= 0.3 is 18.4 Å². The zero-order valence-corrected chi connectivity index (χ0v) is 17.5. The highest BCUT2D eigenvalue weighted by atomic mass is 19.4. The third-order valence-electron chi connectivity index (χ3n) is 5.70. The molecule has 2 atom stereocenters. The van der Waals surface area contributed by atoms with E-state index in [1.165, 1.54) is 0 Å². The molecule has 1 aromatic heterocycles. The van der Waals surface area contributed by atoms with Gasteiger partial charge in [0.15, 0.2) is 0 Å². The predicted octanol–water partition coefficient (Wildman–Crippen LogP) is 6.20. The van der Waals surface area contributed by atoms with Gasteiger partial charge in [0.2, 0.25) is 0 Å². The molecule has 4 rings (SSSR count). The van der Waals surface area contributed by atoms with Gasteiger partial charge in [0.25, 0.3) is 0 Å². The first-order valence-electron chi connectivity index (χ1n) is 10.4. The number of aromatic nitrogens is 1. The number of rotatable bonds is 4. The number of nitrogens with one attached hydrogen (secondary N) is 2. The number of alkyl halides is 6. The minimum atomic E-state index is -4.78. The lowest BCUT2D eigenvalue weighted by atomic mass is 9.98. The number of pyridine rings is 1. The van der Waals surface area contributed by atoms with Gasteiger partial charge in [-0.05, 0) is 53.8 Å². The third-order valence-corrected chi connectivity index (χ3v) is 5.70. The number of fused-ring (bicyclic) bond motifs is 1. The predicted molar refractivity (Wildman–Crippen MR) is 112 cm³/mol. The van der Waals surface area contributed by atoms with Crippen LogP contribution in [0.5, 0.6) is 0 Å². The van der Waals surface area contributed by atoms with Crippen molar-refractivity contribution in [1.29, 1.82) is 0 Å². The highest BCUT2D eigenvalue weighted by molar-refractivity contribution is 5.76. The molecule has 0 saturated carbocycles. The van der Waals surface area contributed by atoms with Crippen LogP contribution in [0, 0.1) is 0 Å². The number of hydrogen-bond donors (Lipinski definition) is 2. The minimum Gasteiger partial charge on any atom is -0.331 e. The van der Waals surface area contributed by atoms with Crippen LogP contribution in [-0.2, 0) is 18.8 Å². The number of aryl methyl sites for hydroxylation is 1.